The van der Waals surface area contributed by atoms with E-state index in [4.69, 9.17) is 23.2 Å². The number of hydrogen-bond donors (Lipinski definition) is 1. The van der Waals surface area contributed by atoms with Gasteiger partial charge in [-0.1, -0.05) is 35.3 Å². The van der Waals surface area contributed by atoms with Crippen LogP contribution in [-0.4, -0.2) is 44.0 Å². The van der Waals surface area contributed by atoms with Crippen molar-refractivity contribution in [3.63, 3.8) is 0 Å². The fourth-order valence-electron chi connectivity index (χ4n) is 3.12. The first-order valence-electron chi connectivity index (χ1n) is 9.21. The van der Waals surface area contributed by atoms with Crippen molar-refractivity contribution in [3.05, 3.63) is 51.3 Å². The molecule has 29 heavy (non-hydrogen) atoms. The number of rotatable bonds is 8. The van der Waals surface area contributed by atoms with E-state index in [1.54, 1.807) is 35.3 Å². The number of carbonyl (C=O) groups is 1. The molecule has 1 amide bonds. The monoisotopic (exact) mass is 492 g/mol. The summed E-state index contributed by atoms with van der Waals surface area (Å²) in [4.78, 5) is 12.5. The van der Waals surface area contributed by atoms with E-state index >= 15 is 0 Å². The van der Waals surface area contributed by atoms with Crippen LogP contribution >= 0.6 is 46.3 Å². The van der Waals surface area contributed by atoms with Gasteiger partial charge in [-0.05, 0) is 42.0 Å². The summed E-state index contributed by atoms with van der Waals surface area (Å²) in [5, 5.41) is 5.93. The smallest absolute Gasteiger partial charge is 0.252 e. The zero-order valence-electron chi connectivity index (χ0n) is 15.6. The molecule has 0 unspecified atom stereocenters. The summed E-state index contributed by atoms with van der Waals surface area (Å²) in [6.45, 7) is 1.23. The summed E-state index contributed by atoms with van der Waals surface area (Å²) in [6.07, 6.45) is 1.39. The molecule has 0 saturated carbocycles. The molecule has 1 aromatic heterocycles. The Morgan fingerprint density at radius 3 is 2.86 bits per heavy atom. The summed E-state index contributed by atoms with van der Waals surface area (Å²) >= 11 is 14.9. The summed E-state index contributed by atoms with van der Waals surface area (Å²) < 4.78 is 27.1. The zero-order chi connectivity index (χ0) is 20.9. The van der Waals surface area contributed by atoms with Gasteiger partial charge in [0.05, 0.1) is 5.92 Å². The van der Waals surface area contributed by atoms with E-state index in [0.717, 1.165) is 17.1 Å². The van der Waals surface area contributed by atoms with Gasteiger partial charge in [0.15, 0.2) is 0 Å². The van der Waals surface area contributed by atoms with Crippen LogP contribution in [0.2, 0.25) is 10.0 Å². The van der Waals surface area contributed by atoms with Gasteiger partial charge in [0, 0.05) is 41.2 Å². The van der Waals surface area contributed by atoms with Crippen LogP contribution in [0.25, 0.3) is 0 Å². The minimum atomic E-state index is -3.51. The van der Waals surface area contributed by atoms with E-state index in [1.807, 2.05) is 12.1 Å². The first-order chi connectivity index (χ1) is 13.9. The number of piperidine rings is 1. The van der Waals surface area contributed by atoms with Crippen molar-refractivity contribution in [2.45, 2.75) is 22.8 Å². The van der Waals surface area contributed by atoms with E-state index in [-0.39, 0.29) is 18.4 Å². The Bertz CT molecular complexity index is 936. The number of nitrogens with zero attached hydrogens (tertiary/aromatic N) is 1. The molecule has 5 nitrogen and oxygen atoms in total. The van der Waals surface area contributed by atoms with Crippen LogP contribution in [0.3, 0.4) is 0 Å². The lowest BCUT2D eigenvalue weighted by molar-refractivity contribution is -0.125. The fourth-order valence-corrected chi connectivity index (χ4v) is 7.21. The number of hydrogen-bond acceptors (Lipinski definition) is 5. The Balaban J connectivity index is 1.43. The Kier molecular flexibility index (Phi) is 8.30. The largest absolute Gasteiger partial charge is 0.355 e. The van der Waals surface area contributed by atoms with Crippen LogP contribution in [0.5, 0.6) is 0 Å². The van der Waals surface area contributed by atoms with Crippen LogP contribution < -0.4 is 5.32 Å². The van der Waals surface area contributed by atoms with Crippen molar-refractivity contribution in [2.75, 3.05) is 25.4 Å². The summed E-state index contributed by atoms with van der Waals surface area (Å²) in [7, 11) is -3.51. The van der Waals surface area contributed by atoms with Crippen LogP contribution in [0, 0.1) is 5.92 Å². The fraction of sp³-hybridized carbons (Fsp3) is 0.421. The van der Waals surface area contributed by atoms with Crippen molar-refractivity contribution < 1.29 is 13.2 Å². The third-order valence-electron chi connectivity index (χ3n) is 4.66. The molecule has 2 aromatic rings. The summed E-state index contributed by atoms with van der Waals surface area (Å²) in [5.74, 6) is 1.09. The number of thioether (sulfide) groups is 1. The average molecular weight is 494 g/mol. The Hall–Kier alpha value is -0.770. The normalized spacial score (nSPS) is 17.9. The molecular weight excluding hydrogens is 471 g/mol. The predicted molar refractivity (Wildman–Crippen MR) is 121 cm³/mol. The first-order valence-corrected chi connectivity index (χ1v) is 13.4. The number of carbonyl (C=O) groups excluding carboxylic acids is 1. The maximum atomic E-state index is 12.7. The van der Waals surface area contributed by atoms with Crippen LogP contribution in [-0.2, 0) is 20.6 Å². The summed E-state index contributed by atoms with van der Waals surface area (Å²) in [5.41, 5.74) is 1.01. The molecule has 1 aliphatic heterocycles. The highest BCUT2D eigenvalue weighted by Crippen LogP contribution is 2.27. The maximum Gasteiger partial charge on any atom is 0.252 e. The predicted octanol–water partition coefficient (Wildman–Crippen LogP) is 4.51. The molecule has 158 valence electrons. The lowest BCUT2D eigenvalue weighted by Gasteiger charge is -2.30. The quantitative estimate of drug-likeness (QED) is 0.550. The number of thiophene rings is 1. The van der Waals surface area contributed by atoms with Gasteiger partial charge >= 0.3 is 0 Å². The molecule has 1 atom stereocenters. The van der Waals surface area contributed by atoms with Gasteiger partial charge in [0.2, 0.25) is 5.91 Å². The van der Waals surface area contributed by atoms with Gasteiger partial charge in [0.1, 0.15) is 4.21 Å². The molecule has 0 bridgehead atoms. The van der Waals surface area contributed by atoms with Crippen molar-refractivity contribution in [1.29, 1.82) is 0 Å². The van der Waals surface area contributed by atoms with Crippen LogP contribution in [0.4, 0.5) is 0 Å². The van der Waals surface area contributed by atoms with Gasteiger partial charge in [-0.15, -0.1) is 11.3 Å². The second kappa shape index (κ2) is 10.5. The average Bonchev–Trinajstić information content (AvgIpc) is 3.25. The third-order valence-corrected chi connectivity index (χ3v) is 9.50. The van der Waals surface area contributed by atoms with Gasteiger partial charge < -0.3 is 5.32 Å². The van der Waals surface area contributed by atoms with Gasteiger partial charge in [-0.25, -0.2) is 8.42 Å². The maximum absolute atomic E-state index is 12.7. The molecule has 1 saturated heterocycles. The topological polar surface area (TPSA) is 66.5 Å². The summed E-state index contributed by atoms with van der Waals surface area (Å²) in [6, 6.07) is 8.76. The van der Waals surface area contributed by atoms with E-state index in [1.165, 1.54) is 15.6 Å². The Labute approximate surface area is 189 Å². The Morgan fingerprint density at radius 2 is 2.14 bits per heavy atom. The standard InChI is InChI=1S/C19H22Cl2N2O3S3/c20-16-6-5-15(17(21)11-16)13-27-10-7-22-19(24)14-3-1-8-23(12-14)29(25,26)18-4-2-9-28-18/h2,4-6,9,11,14H,1,3,7-8,10,12-13H2,(H,22,24)/t14-/m0/s1. The van der Waals surface area contributed by atoms with E-state index in [9.17, 15) is 13.2 Å². The molecule has 2 heterocycles. The van der Waals surface area contributed by atoms with Gasteiger partial charge in [-0.2, -0.15) is 16.1 Å². The van der Waals surface area contributed by atoms with Crippen molar-refractivity contribution >= 4 is 62.2 Å². The molecular formula is C19H22Cl2N2O3S3. The number of halogens is 2. The first kappa shape index (κ1) is 22.9. The number of benzene rings is 1. The van der Waals surface area contributed by atoms with E-state index in [0.29, 0.717) is 40.2 Å². The van der Waals surface area contributed by atoms with Crippen LogP contribution in [0.15, 0.2) is 39.9 Å². The minimum Gasteiger partial charge on any atom is -0.355 e. The van der Waals surface area contributed by atoms with Crippen molar-refractivity contribution in [3.8, 4) is 0 Å². The molecule has 10 heteroatoms. The highest BCUT2D eigenvalue weighted by atomic mass is 35.5. The SMILES string of the molecule is O=C(NCCSCc1ccc(Cl)cc1Cl)[C@H]1CCCN(S(=O)(=O)c2cccs2)C1. The van der Waals surface area contributed by atoms with Gasteiger partial charge in [-0.3, -0.25) is 4.79 Å². The molecule has 1 aromatic carbocycles. The van der Waals surface area contributed by atoms with Gasteiger partial charge in [0.25, 0.3) is 10.0 Å². The molecule has 1 aliphatic rings. The van der Waals surface area contributed by atoms with E-state index in [2.05, 4.69) is 5.32 Å². The molecule has 0 radical (unpaired) electrons. The Morgan fingerprint density at radius 1 is 1.31 bits per heavy atom. The molecule has 3 rings (SSSR count). The third kappa shape index (κ3) is 6.12. The van der Waals surface area contributed by atoms with Crippen LogP contribution in [0.1, 0.15) is 18.4 Å². The molecule has 0 aliphatic carbocycles. The molecule has 1 fully saturated rings. The second-order valence-electron chi connectivity index (χ2n) is 6.71. The highest BCUT2D eigenvalue weighted by Gasteiger charge is 2.33. The van der Waals surface area contributed by atoms with E-state index < -0.39 is 10.0 Å². The number of amides is 1. The lowest BCUT2D eigenvalue weighted by atomic mass is 9.99. The second-order valence-corrected chi connectivity index (χ2v) is 11.8. The highest BCUT2D eigenvalue weighted by molar-refractivity contribution is 7.98. The zero-order valence-corrected chi connectivity index (χ0v) is 19.6. The lowest BCUT2D eigenvalue weighted by Crippen LogP contribution is -2.45. The molecule has 0 spiro atoms. The number of sulfonamides is 1. The van der Waals surface area contributed by atoms with Crippen molar-refractivity contribution in [1.82, 2.24) is 9.62 Å². The van der Waals surface area contributed by atoms with Crippen molar-refractivity contribution in [2.24, 2.45) is 5.92 Å². The molecule has 1 N–H and O–H groups in total. The number of nitrogens with one attached hydrogen (secondary N) is 1. The minimum absolute atomic E-state index is 0.0822.